The molecule has 3 aromatic carbocycles. The highest BCUT2D eigenvalue weighted by molar-refractivity contribution is 6.08. The molecule has 0 bridgehead atoms. The van der Waals surface area contributed by atoms with Crippen LogP contribution in [0.5, 0.6) is 11.5 Å². The number of ether oxygens (including phenoxy) is 2. The second kappa shape index (κ2) is 6.88. The van der Waals surface area contributed by atoms with Crippen molar-refractivity contribution in [3.63, 3.8) is 0 Å². The van der Waals surface area contributed by atoms with Crippen LogP contribution in [0.15, 0.2) is 60.7 Å². The van der Waals surface area contributed by atoms with E-state index in [9.17, 15) is 4.79 Å². The van der Waals surface area contributed by atoms with E-state index in [2.05, 4.69) is 6.58 Å². The number of carbonyl (C=O) groups is 1. The second-order valence-corrected chi connectivity index (χ2v) is 7.68. The summed E-state index contributed by atoms with van der Waals surface area (Å²) in [6.07, 6.45) is 0. The first-order valence-electron chi connectivity index (χ1n) is 8.76. The second-order valence-electron chi connectivity index (χ2n) is 7.68. The van der Waals surface area contributed by atoms with Crippen molar-refractivity contribution in [2.24, 2.45) is 5.41 Å². The first-order chi connectivity index (χ1) is 12.6. The van der Waals surface area contributed by atoms with Gasteiger partial charge in [-0.25, -0.2) is 0 Å². The van der Waals surface area contributed by atoms with Gasteiger partial charge in [-0.3, -0.25) is 10.2 Å². The van der Waals surface area contributed by atoms with Crippen LogP contribution in [-0.4, -0.2) is 11.9 Å². The lowest BCUT2D eigenvalue weighted by molar-refractivity contribution is -0.142. The maximum absolute atomic E-state index is 12.1. The van der Waals surface area contributed by atoms with Gasteiger partial charge >= 0.3 is 5.97 Å². The van der Waals surface area contributed by atoms with E-state index in [1.165, 1.54) is 0 Å². The number of benzene rings is 3. The molecule has 0 fully saturated rings. The molecule has 0 aromatic heterocycles. The number of nitrogens with one attached hydrogen (secondary N) is 1. The minimum Gasteiger partial charge on any atom is -0.439 e. The van der Waals surface area contributed by atoms with E-state index in [4.69, 9.17) is 14.9 Å². The Bertz CT molecular complexity index is 1070. The Morgan fingerprint density at radius 1 is 0.889 bits per heavy atom. The van der Waals surface area contributed by atoms with E-state index in [1.807, 2.05) is 69.3 Å². The average molecular weight is 361 g/mol. The van der Waals surface area contributed by atoms with Crippen LogP contribution >= 0.6 is 0 Å². The van der Waals surface area contributed by atoms with Gasteiger partial charge in [-0.05, 0) is 73.5 Å². The van der Waals surface area contributed by atoms with E-state index >= 15 is 0 Å². The Morgan fingerprint density at radius 2 is 1.37 bits per heavy atom. The smallest absolute Gasteiger partial charge is 0.316 e. The zero-order valence-corrected chi connectivity index (χ0v) is 16.1. The van der Waals surface area contributed by atoms with Gasteiger partial charge in [-0.2, -0.15) is 0 Å². The summed E-state index contributed by atoms with van der Waals surface area (Å²) < 4.78 is 11.0. The van der Waals surface area contributed by atoms with Crippen LogP contribution in [0.3, 0.4) is 0 Å². The third kappa shape index (κ3) is 4.00. The third-order valence-corrected chi connectivity index (χ3v) is 4.21. The molecule has 0 aliphatic rings. The summed E-state index contributed by atoms with van der Waals surface area (Å²) in [7, 11) is 0. The highest BCUT2D eigenvalue weighted by Gasteiger charge is 2.23. The molecule has 138 valence electrons. The summed E-state index contributed by atoms with van der Waals surface area (Å²) in [5.74, 6) is 0.937. The van der Waals surface area contributed by atoms with Crippen LogP contribution in [0.25, 0.3) is 21.5 Å². The molecule has 0 unspecified atom stereocenters. The molecule has 0 radical (unpaired) electrons. The molecule has 0 amide bonds. The zero-order valence-electron chi connectivity index (χ0n) is 16.1. The summed E-state index contributed by atoms with van der Waals surface area (Å²) in [5.41, 5.74) is 0.0256. The van der Waals surface area contributed by atoms with Crippen LogP contribution in [0.2, 0.25) is 0 Å². The minimum absolute atomic E-state index is 0.0560. The Kier molecular flexibility index (Phi) is 4.75. The van der Waals surface area contributed by atoms with Crippen LogP contribution in [-0.2, 0) is 4.79 Å². The molecule has 1 N–H and O–H groups in total. The molecule has 0 heterocycles. The lowest BCUT2D eigenvalue weighted by Gasteiger charge is -2.16. The first kappa shape index (κ1) is 18.6. The molecule has 4 nitrogen and oxygen atoms in total. The molecule has 0 saturated carbocycles. The van der Waals surface area contributed by atoms with Gasteiger partial charge in [-0.15, -0.1) is 0 Å². The molecule has 0 aliphatic carbocycles. The van der Waals surface area contributed by atoms with E-state index in [0.717, 1.165) is 21.5 Å². The fraction of sp³-hybridized carbons (Fsp3) is 0.217. The number of hydrogen-bond acceptors (Lipinski definition) is 4. The van der Waals surface area contributed by atoms with Crippen LogP contribution in [0, 0.1) is 10.8 Å². The van der Waals surface area contributed by atoms with E-state index in [0.29, 0.717) is 17.1 Å². The van der Waals surface area contributed by atoms with Crippen molar-refractivity contribution >= 4 is 33.4 Å². The quantitative estimate of drug-likeness (QED) is 0.208. The normalized spacial score (nSPS) is 11.4. The van der Waals surface area contributed by atoms with Crippen molar-refractivity contribution in [1.29, 1.82) is 5.41 Å². The third-order valence-electron chi connectivity index (χ3n) is 4.21. The Morgan fingerprint density at radius 3 is 1.81 bits per heavy atom. The number of esters is 1. The molecular formula is C23H23NO3. The van der Waals surface area contributed by atoms with Crippen LogP contribution < -0.4 is 9.47 Å². The monoisotopic (exact) mass is 361 g/mol. The largest absolute Gasteiger partial charge is 0.439 e. The molecule has 27 heavy (non-hydrogen) atoms. The van der Waals surface area contributed by atoms with Crippen molar-refractivity contribution in [1.82, 2.24) is 0 Å². The molecule has 0 saturated heterocycles. The van der Waals surface area contributed by atoms with Crippen LogP contribution in [0.4, 0.5) is 0 Å². The maximum atomic E-state index is 12.1. The molecule has 0 aliphatic heterocycles. The molecular weight excluding hydrogens is 338 g/mol. The number of rotatable bonds is 3. The summed E-state index contributed by atoms with van der Waals surface area (Å²) in [6, 6.07) is 15.3. The molecule has 4 heteroatoms. The van der Waals surface area contributed by atoms with Gasteiger partial charge in [0.1, 0.15) is 11.5 Å². The number of hydrogen-bond donors (Lipinski definition) is 1. The first-order valence-corrected chi connectivity index (χ1v) is 8.76. The van der Waals surface area contributed by atoms with E-state index < -0.39 is 5.41 Å². The topological polar surface area (TPSA) is 59.4 Å². The summed E-state index contributed by atoms with van der Waals surface area (Å²) in [4.78, 5) is 12.1. The van der Waals surface area contributed by atoms with Crippen molar-refractivity contribution < 1.29 is 14.3 Å². The fourth-order valence-electron chi connectivity index (χ4n) is 2.62. The van der Waals surface area contributed by atoms with Gasteiger partial charge < -0.3 is 9.47 Å². The summed E-state index contributed by atoms with van der Waals surface area (Å²) >= 11 is 0. The summed E-state index contributed by atoms with van der Waals surface area (Å²) in [6.45, 7) is 10.9. The lowest BCUT2D eigenvalue weighted by Crippen LogP contribution is -2.25. The van der Waals surface area contributed by atoms with Gasteiger partial charge in [-0.1, -0.05) is 30.8 Å². The molecule has 0 atom stereocenters. The van der Waals surface area contributed by atoms with E-state index in [-0.39, 0.29) is 11.9 Å². The summed E-state index contributed by atoms with van der Waals surface area (Å²) in [5, 5.41) is 11.9. The fourth-order valence-corrected chi connectivity index (χ4v) is 2.62. The Balaban J connectivity index is 1.96. The van der Waals surface area contributed by atoms with Gasteiger partial charge in [0.15, 0.2) is 0 Å². The highest BCUT2D eigenvalue weighted by Crippen LogP contribution is 2.31. The SMILES string of the molecule is C=C(C)C(=N)Oc1ccc2c(ccc3cc(OC(=O)C(C)(C)C)ccc32)c1. The van der Waals surface area contributed by atoms with Crippen molar-refractivity contribution in [3.05, 3.63) is 60.7 Å². The zero-order chi connectivity index (χ0) is 19.8. The van der Waals surface area contributed by atoms with Crippen molar-refractivity contribution in [3.8, 4) is 11.5 Å². The highest BCUT2D eigenvalue weighted by atomic mass is 16.5. The molecule has 3 rings (SSSR count). The minimum atomic E-state index is -0.549. The van der Waals surface area contributed by atoms with Gasteiger partial charge in [0, 0.05) is 5.57 Å². The van der Waals surface area contributed by atoms with Gasteiger partial charge in [0.25, 0.3) is 0 Å². The van der Waals surface area contributed by atoms with Gasteiger partial charge in [0.2, 0.25) is 5.90 Å². The number of carbonyl (C=O) groups excluding carboxylic acids is 1. The van der Waals surface area contributed by atoms with Gasteiger partial charge in [0.05, 0.1) is 5.41 Å². The Hall–Kier alpha value is -3.14. The Labute approximate surface area is 158 Å². The van der Waals surface area contributed by atoms with Crippen LogP contribution in [0.1, 0.15) is 27.7 Å². The predicted molar refractivity (Wildman–Crippen MR) is 110 cm³/mol. The molecule has 3 aromatic rings. The average Bonchev–Trinajstić information content (AvgIpc) is 2.60. The molecule has 0 spiro atoms. The standard InChI is InChI=1S/C23H23NO3/c1-14(2)21(24)26-17-8-10-19-15(12-17)6-7-16-13-18(9-11-20(16)19)27-22(25)23(3,4)5/h6-13,24H,1H2,2-5H3. The predicted octanol–water partition coefficient (Wildman–Crippen LogP) is 5.88. The van der Waals surface area contributed by atoms with Crippen molar-refractivity contribution in [2.45, 2.75) is 27.7 Å². The lowest BCUT2D eigenvalue weighted by atomic mass is 9.97. The van der Waals surface area contributed by atoms with Crippen molar-refractivity contribution in [2.75, 3.05) is 0 Å². The number of fused-ring (bicyclic) bond motifs is 3. The van der Waals surface area contributed by atoms with E-state index in [1.54, 1.807) is 6.92 Å². The maximum Gasteiger partial charge on any atom is 0.316 e.